The van der Waals surface area contributed by atoms with Gasteiger partial charge in [-0.3, -0.25) is 9.59 Å². The number of alkyl halides is 3. The fraction of sp³-hybridized carbons (Fsp3) is 0.161. The predicted octanol–water partition coefficient (Wildman–Crippen LogP) is 6.91. The molecule has 0 saturated carbocycles. The second-order valence-corrected chi connectivity index (χ2v) is 8.91. The molecule has 0 unspecified atom stereocenters. The minimum absolute atomic E-state index is 0.0621. The number of halogens is 3. The normalized spacial score (nSPS) is 11.2. The molecular formula is C31H26F3NO4. The number of amides is 1. The Kier molecular flexibility index (Phi) is 8.66. The van der Waals surface area contributed by atoms with E-state index in [9.17, 15) is 22.8 Å². The molecule has 0 atom stereocenters. The van der Waals surface area contributed by atoms with Gasteiger partial charge in [0.15, 0.2) is 0 Å². The molecular weight excluding hydrogens is 507 g/mol. The maximum Gasteiger partial charge on any atom is 0.573 e. The van der Waals surface area contributed by atoms with Crippen molar-refractivity contribution in [2.75, 3.05) is 6.54 Å². The number of rotatable bonds is 10. The van der Waals surface area contributed by atoms with Crippen LogP contribution in [-0.2, 0) is 17.6 Å². The van der Waals surface area contributed by atoms with Crippen LogP contribution in [0.1, 0.15) is 27.9 Å². The van der Waals surface area contributed by atoms with Crippen molar-refractivity contribution >= 4 is 11.9 Å². The third-order valence-electron chi connectivity index (χ3n) is 6.13. The Bertz CT molecular complexity index is 1420. The first kappa shape index (κ1) is 27.4. The van der Waals surface area contributed by atoms with Crippen LogP contribution in [0.25, 0.3) is 22.3 Å². The van der Waals surface area contributed by atoms with E-state index in [4.69, 9.17) is 5.11 Å². The first-order chi connectivity index (χ1) is 18.7. The molecule has 0 aliphatic heterocycles. The van der Waals surface area contributed by atoms with E-state index in [0.29, 0.717) is 18.4 Å². The topological polar surface area (TPSA) is 75.6 Å². The van der Waals surface area contributed by atoms with Gasteiger partial charge in [0.25, 0.3) is 5.91 Å². The van der Waals surface area contributed by atoms with Crippen molar-refractivity contribution in [3.05, 3.63) is 114 Å². The Morgan fingerprint density at radius 2 is 1.44 bits per heavy atom. The zero-order valence-corrected chi connectivity index (χ0v) is 20.9. The van der Waals surface area contributed by atoms with E-state index in [0.717, 1.165) is 33.4 Å². The van der Waals surface area contributed by atoms with Crippen molar-refractivity contribution in [2.24, 2.45) is 0 Å². The molecule has 2 N–H and O–H groups in total. The molecule has 200 valence electrons. The highest BCUT2D eigenvalue weighted by Gasteiger charge is 2.31. The molecule has 1 amide bonds. The molecule has 0 aliphatic rings. The summed E-state index contributed by atoms with van der Waals surface area (Å²) in [6.45, 7) is 0.0621. The van der Waals surface area contributed by atoms with Gasteiger partial charge >= 0.3 is 12.3 Å². The lowest BCUT2D eigenvalue weighted by atomic mass is 9.91. The van der Waals surface area contributed by atoms with Gasteiger partial charge in [-0.2, -0.15) is 0 Å². The quantitative estimate of drug-likeness (QED) is 0.232. The third-order valence-corrected chi connectivity index (χ3v) is 6.13. The van der Waals surface area contributed by atoms with Crippen LogP contribution in [0.5, 0.6) is 5.75 Å². The summed E-state index contributed by atoms with van der Waals surface area (Å²) in [6.07, 6.45) is -3.49. The first-order valence-corrected chi connectivity index (χ1v) is 12.3. The van der Waals surface area contributed by atoms with E-state index in [-0.39, 0.29) is 24.6 Å². The highest BCUT2D eigenvalue weighted by atomic mass is 19.4. The van der Waals surface area contributed by atoms with Gasteiger partial charge in [-0.25, -0.2) is 0 Å². The van der Waals surface area contributed by atoms with E-state index < -0.39 is 12.3 Å². The number of benzene rings is 4. The number of aliphatic carboxylic acids is 1. The van der Waals surface area contributed by atoms with Gasteiger partial charge in [0.1, 0.15) is 5.75 Å². The first-order valence-electron chi connectivity index (χ1n) is 12.3. The molecule has 4 aromatic rings. The highest BCUT2D eigenvalue weighted by Crippen LogP contribution is 2.32. The summed E-state index contributed by atoms with van der Waals surface area (Å²) < 4.78 is 41.6. The lowest BCUT2D eigenvalue weighted by Gasteiger charge is -2.14. The van der Waals surface area contributed by atoms with E-state index in [1.165, 1.54) is 12.1 Å². The van der Waals surface area contributed by atoms with Gasteiger partial charge in [-0.15, -0.1) is 13.2 Å². The molecule has 4 rings (SSSR count). The molecule has 39 heavy (non-hydrogen) atoms. The standard InChI is InChI=1S/C31H26F3NO4/c32-31(33,34)39-27-15-12-22(13-16-27)25-14-17-28(23-4-2-1-3-5-23)26(20-25)11-8-21-6-9-24(10-7-21)30(38)35-19-18-29(36)37/h1-7,9-10,12-17,20H,8,11,18-19H2,(H,35,38)(H,36,37). The number of nitrogens with one attached hydrogen (secondary N) is 1. The number of hydrogen-bond donors (Lipinski definition) is 2. The van der Waals surface area contributed by atoms with Crippen molar-refractivity contribution in [1.29, 1.82) is 0 Å². The smallest absolute Gasteiger partial charge is 0.481 e. The molecule has 0 bridgehead atoms. The van der Waals surface area contributed by atoms with Crippen LogP contribution in [0.4, 0.5) is 13.2 Å². The molecule has 0 radical (unpaired) electrons. The number of carbonyl (C=O) groups is 2. The summed E-state index contributed by atoms with van der Waals surface area (Å²) in [6, 6.07) is 28.9. The number of carboxylic acids is 1. The average molecular weight is 534 g/mol. The van der Waals surface area contributed by atoms with Crippen molar-refractivity contribution < 1.29 is 32.6 Å². The average Bonchev–Trinajstić information content (AvgIpc) is 2.92. The molecule has 0 aromatic heterocycles. The van der Waals surface area contributed by atoms with Crippen LogP contribution in [0.2, 0.25) is 0 Å². The van der Waals surface area contributed by atoms with E-state index >= 15 is 0 Å². The number of carbonyl (C=O) groups excluding carboxylic acids is 1. The van der Waals surface area contributed by atoms with Crippen LogP contribution < -0.4 is 10.1 Å². The molecule has 0 heterocycles. The molecule has 0 aliphatic carbocycles. The van der Waals surface area contributed by atoms with Crippen molar-refractivity contribution in [1.82, 2.24) is 5.32 Å². The number of aryl methyl sites for hydroxylation is 2. The van der Waals surface area contributed by atoms with Crippen LogP contribution in [0, 0.1) is 0 Å². The summed E-state index contributed by atoms with van der Waals surface area (Å²) in [5, 5.41) is 11.3. The van der Waals surface area contributed by atoms with Gasteiger partial charge in [0.05, 0.1) is 6.42 Å². The summed E-state index contributed by atoms with van der Waals surface area (Å²) >= 11 is 0. The monoisotopic (exact) mass is 533 g/mol. The Morgan fingerprint density at radius 1 is 0.769 bits per heavy atom. The number of ether oxygens (including phenoxy) is 1. The molecule has 5 nitrogen and oxygen atoms in total. The summed E-state index contributed by atoms with van der Waals surface area (Å²) in [7, 11) is 0. The lowest BCUT2D eigenvalue weighted by molar-refractivity contribution is -0.274. The maximum atomic E-state index is 12.5. The van der Waals surface area contributed by atoms with Crippen LogP contribution in [0.15, 0.2) is 97.1 Å². The molecule has 4 aromatic carbocycles. The van der Waals surface area contributed by atoms with Gasteiger partial charge < -0.3 is 15.2 Å². The second kappa shape index (κ2) is 12.3. The molecule has 0 fully saturated rings. The Hall–Kier alpha value is -4.59. The van der Waals surface area contributed by atoms with Gasteiger partial charge in [0, 0.05) is 12.1 Å². The number of carboxylic acid groups (broad SMARTS) is 1. The summed E-state index contributed by atoms with van der Waals surface area (Å²) in [5.74, 6) is -1.57. The molecule has 8 heteroatoms. The minimum atomic E-state index is -4.74. The van der Waals surface area contributed by atoms with E-state index in [2.05, 4.69) is 10.1 Å². The zero-order chi connectivity index (χ0) is 27.8. The highest BCUT2D eigenvalue weighted by molar-refractivity contribution is 5.94. The Labute approximate surface area is 223 Å². The van der Waals surface area contributed by atoms with Crippen molar-refractivity contribution in [3.8, 4) is 28.0 Å². The maximum absolute atomic E-state index is 12.5. The fourth-order valence-electron chi connectivity index (χ4n) is 4.22. The van der Waals surface area contributed by atoms with Crippen LogP contribution >= 0.6 is 0 Å². The van der Waals surface area contributed by atoms with Crippen molar-refractivity contribution in [3.63, 3.8) is 0 Å². The Morgan fingerprint density at radius 3 is 2.08 bits per heavy atom. The zero-order valence-electron chi connectivity index (χ0n) is 20.9. The number of hydrogen-bond acceptors (Lipinski definition) is 3. The molecule has 0 spiro atoms. The van der Waals surface area contributed by atoms with Gasteiger partial charge in [0.2, 0.25) is 0 Å². The van der Waals surface area contributed by atoms with Crippen LogP contribution in [0.3, 0.4) is 0 Å². The van der Waals surface area contributed by atoms with E-state index in [1.54, 1.807) is 24.3 Å². The fourth-order valence-corrected chi connectivity index (χ4v) is 4.22. The lowest BCUT2D eigenvalue weighted by Crippen LogP contribution is -2.25. The third kappa shape index (κ3) is 7.95. The summed E-state index contributed by atoms with van der Waals surface area (Å²) in [4.78, 5) is 22.8. The Balaban J connectivity index is 1.52. The SMILES string of the molecule is O=C(O)CCNC(=O)c1ccc(CCc2cc(-c3ccc(OC(F)(F)F)cc3)ccc2-c2ccccc2)cc1. The van der Waals surface area contributed by atoms with Gasteiger partial charge in [-0.1, -0.05) is 72.8 Å². The minimum Gasteiger partial charge on any atom is -0.481 e. The van der Waals surface area contributed by atoms with E-state index in [1.807, 2.05) is 60.7 Å². The summed E-state index contributed by atoms with van der Waals surface area (Å²) in [5.41, 5.74) is 6.31. The molecule has 0 saturated heterocycles. The van der Waals surface area contributed by atoms with Crippen LogP contribution in [-0.4, -0.2) is 29.9 Å². The predicted molar refractivity (Wildman–Crippen MR) is 142 cm³/mol. The second-order valence-electron chi connectivity index (χ2n) is 8.91. The largest absolute Gasteiger partial charge is 0.573 e. The van der Waals surface area contributed by atoms with Crippen molar-refractivity contribution in [2.45, 2.75) is 25.6 Å². The van der Waals surface area contributed by atoms with Gasteiger partial charge in [-0.05, 0) is 70.5 Å².